The topological polar surface area (TPSA) is 35.2 Å². The molecular weight excluding hydrogens is 210 g/mol. The molecule has 0 amide bonds. The van der Waals surface area contributed by atoms with Gasteiger partial charge in [0, 0.05) is 11.1 Å². The van der Waals surface area contributed by atoms with Crippen LogP contribution < -0.4 is 10.5 Å². The minimum atomic E-state index is 0.00519. The fourth-order valence-corrected chi connectivity index (χ4v) is 1.68. The highest BCUT2D eigenvalue weighted by atomic mass is 35.5. The summed E-state index contributed by atoms with van der Waals surface area (Å²) in [6.07, 6.45) is 1.04. The highest BCUT2D eigenvalue weighted by Gasteiger charge is 2.09. The zero-order chi connectivity index (χ0) is 11.4. The Morgan fingerprint density at radius 3 is 2.53 bits per heavy atom. The van der Waals surface area contributed by atoms with Crippen LogP contribution in [0.15, 0.2) is 18.2 Å². The van der Waals surface area contributed by atoms with Crippen LogP contribution >= 0.6 is 11.6 Å². The first-order valence-corrected chi connectivity index (χ1v) is 5.64. The van der Waals surface area contributed by atoms with Crippen LogP contribution in [0.2, 0.25) is 5.02 Å². The Bertz CT molecular complexity index is 325. The maximum Gasteiger partial charge on any atom is 0.121 e. The van der Waals surface area contributed by atoms with E-state index in [1.807, 2.05) is 39.0 Å². The molecule has 3 heteroatoms. The van der Waals surface area contributed by atoms with E-state index in [-0.39, 0.29) is 12.1 Å². The van der Waals surface area contributed by atoms with E-state index in [2.05, 4.69) is 0 Å². The van der Waals surface area contributed by atoms with Gasteiger partial charge >= 0.3 is 0 Å². The van der Waals surface area contributed by atoms with E-state index in [0.717, 1.165) is 17.7 Å². The van der Waals surface area contributed by atoms with E-state index < -0.39 is 0 Å². The van der Waals surface area contributed by atoms with Gasteiger partial charge in [-0.15, -0.1) is 0 Å². The third-order valence-electron chi connectivity index (χ3n) is 2.18. The molecule has 0 aliphatic carbocycles. The van der Waals surface area contributed by atoms with Gasteiger partial charge in [0.15, 0.2) is 0 Å². The average Bonchev–Trinajstić information content (AvgIpc) is 2.16. The van der Waals surface area contributed by atoms with Crippen molar-refractivity contribution in [3.8, 4) is 5.75 Å². The molecule has 0 saturated carbocycles. The molecule has 2 nitrogen and oxygen atoms in total. The summed E-state index contributed by atoms with van der Waals surface area (Å²) < 4.78 is 5.54. The minimum Gasteiger partial charge on any atom is -0.491 e. The number of benzene rings is 1. The average molecular weight is 228 g/mol. The number of nitrogens with two attached hydrogens (primary N) is 1. The van der Waals surface area contributed by atoms with E-state index in [4.69, 9.17) is 22.1 Å². The molecule has 0 aliphatic heterocycles. The Hall–Kier alpha value is -0.730. The lowest BCUT2D eigenvalue weighted by molar-refractivity contribution is 0.242. The largest absolute Gasteiger partial charge is 0.491 e. The highest BCUT2D eigenvalue weighted by molar-refractivity contribution is 6.31. The summed E-state index contributed by atoms with van der Waals surface area (Å²) >= 11 is 6.13. The fourth-order valence-electron chi connectivity index (χ4n) is 1.37. The molecule has 0 spiro atoms. The fraction of sp³-hybridized carbons (Fsp3) is 0.500. The van der Waals surface area contributed by atoms with Crippen molar-refractivity contribution in [1.29, 1.82) is 0 Å². The Morgan fingerprint density at radius 1 is 1.40 bits per heavy atom. The quantitative estimate of drug-likeness (QED) is 0.854. The minimum absolute atomic E-state index is 0.00519. The summed E-state index contributed by atoms with van der Waals surface area (Å²) in [7, 11) is 0. The molecule has 1 rings (SSSR count). The van der Waals surface area contributed by atoms with Crippen molar-refractivity contribution >= 4 is 11.6 Å². The molecule has 0 saturated heterocycles. The Morgan fingerprint density at radius 2 is 2.07 bits per heavy atom. The molecule has 1 atom stereocenters. The van der Waals surface area contributed by atoms with Gasteiger partial charge in [-0.1, -0.05) is 24.6 Å². The van der Waals surface area contributed by atoms with Crippen LogP contribution in [0.4, 0.5) is 0 Å². The second-order valence-electron chi connectivity index (χ2n) is 3.86. The molecule has 15 heavy (non-hydrogen) atoms. The first kappa shape index (κ1) is 12.3. The summed E-state index contributed by atoms with van der Waals surface area (Å²) in [5, 5.41) is 0.683. The third kappa shape index (κ3) is 3.40. The number of ether oxygens (including phenoxy) is 1. The van der Waals surface area contributed by atoms with E-state index in [1.54, 1.807) is 0 Å². The van der Waals surface area contributed by atoms with Gasteiger partial charge in [0.2, 0.25) is 0 Å². The zero-order valence-corrected chi connectivity index (χ0v) is 10.2. The van der Waals surface area contributed by atoms with Gasteiger partial charge in [-0.25, -0.2) is 0 Å². The summed E-state index contributed by atoms with van der Waals surface area (Å²) in [4.78, 5) is 0. The molecule has 0 fully saturated rings. The smallest absolute Gasteiger partial charge is 0.121 e. The zero-order valence-electron chi connectivity index (χ0n) is 9.46. The van der Waals surface area contributed by atoms with Gasteiger partial charge in [-0.05, 0) is 38.0 Å². The number of hydrogen-bond donors (Lipinski definition) is 1. The summed E-state index contributed by atoms with van der Waals surface area (Å²) in [5.41, 5.74) is 6.90. The van der Waals surface area contributed by atoms with Crippen molar-refractivity contribution < 1.29 is 4.74 Å². The van der Waals surface area contributed by atoms with E-state index in [9.17, 15) is 0 Å². The van der Waals surface area contributed by atoms with Crippen molar-refractivity contribution in [3.05, 3.63) is 28.8 Å². The number of halogens is 1. The summed E-state index contributed by atoms with van der Waals surface area (Å²) in [5.74, 6) is 0.794. The first-order chi connectivity index (χ1) is 7.04. The molecule has 1 aromatic rings. The van der Waals surface area contributed by atoms with Crippen molar-refractivity contribution in [2.24, 2.45) is 5.73 Å². The summed E-state index contributed by atoms with van der Waals surface area (Å²) in [6, 6.07) is 5.68. The van der Waals surface area contributed by atoms with E-state index >= 15 is 0 Å². The molecule has 0 aromatic heterocycles. The number of hydrogen-bond acceptors (Lipinski definition) is 2. The lowest BCUT2D eigenvalue weighted by Crippen LogP contribution is -2.10. The normalized spacial score (nSPS) is 12.9. The maximum atomic E-state index is 6.13. The number of rotatable bonds is 4. The van der Waals surface area contributed by atoms with Gasteiger partial charge in [0.05, 0.1) is 6.10 Å². The first-order valence-electron chi connectivity index (χ1n) is 5.26. The predicted octanol–water partition coefficient (Wildman–Crippen LogP) is 3.54. The van der Waals surface area contributed by atoms with Gasteiger partial charge in [0.25, 0.3) is 0 Å². The third-order valence-corrected chi connectivity index (χ3v) is 2.51. The van der Waals surface area contributed by atoms with Crippen molar-refractivity contribution in [2.75, 3.05) is 0 Å². The molecule has 0 radical (unpaired) electrons. The van der Waals surface area contributed by atoms with Crippen LogP contribution in [0.3, 0.4) is 0 Å². The Kier molecular flexibility index (Phi) is 4.43. The molecule has 2 N–H and O–H groups in total. The van der Waals surface area contributed by atoms with Crippen molar-refractivity contribution in [3.63, 3.8) is 0 Å². The second kappa shape index (κ2) is 5.38. The SMILES string of the molecule is CCC(N)c1ccc(OC(C)C)cc1Cl. The lowest BCUT2D eigenvalue weighted by Gasteiger charge is -2.14. The summed E-state index contributed by atoms with van der Waals surface area (Å²) in [6.45, 7) is 6.01. The Balaban J connectivity index is 2.88. The molecular formula is C12H18ClNO. The van der Waals surface area contributed by atoms with Crippen LogP contribution in [-0.4, -0.2) is 6.10 Å². The lowest BCUT2D eigenvalue weighted by atomic mass is 10.1. The monoisotopic (exact) mass is 227 g/mol. The molecule has 0 bridgehead atoms. The molecule has 1 aromatic carbocycles. The van der Waals surface area contributed by atoms with Crippen LogP contribution in [0, 0.1) is 0 Å². The van der Waals surface area contributed by atoms with E-state index in [0.29, 0.717) is 5.02 Å². The molecule has 0 aliphatic rings. The highest BCUT2D eigenvalue weighted by Crippen LogP contribution is 2.28. The van der Waals surface area contributed by atoms with Crippen LogP contribution in [0.25, 0.3) is 0 Å². The van der Waals surface area contributed by atoms with Crippen molar-refractivity contribution in [2.45, 2.75) is 39.3 Å². The van der Waals surface area contributed by atoms with E-state index in [1.165, 1.54) is 0 Å². The van der Waals surface area contributed by atoms with Crippen molar-refractivity contribution in [1.82, 2.24) is 0 Å². The standard InChI is InChI=1S/C12H18ClNO/c1-4-12(14)10-6-5-9(7-11(10)13)15-8(2)3/h5-8,12H,4,14H2,1-3H3. The van der Waals surface area contributed by atoms with Crippen LogP contribution in [0.5, 0.6) is 5.75 Å². The van der Waals surface area contributed by atoms with Crippen LogP contribution in [-0.2, 0) is 0 Å². The van der Waals surface area contributed by atoms with Gasteiger partial charge in [-0.2, -0.15) is 0 Å². The van der Waals surface area contributed by atoms with Gasteiger partial charge < -0.3 is 10.5 Å². The Labute approximate surface area is 96.4 Å². The van der Waals surface area contributed by atoms with Gasteiger partial charge in [0.1, 0.15) is 5.75 Å². The molecule has 0 heterocycles. The molecule has 1 unspecified atom stereocenters. The second-order valence-corrected chi connectivity index (χ2v) is 4.27. The van der Waals surface area contributed by atoms with Gasteiger partial charge in [-0.3, -0.25) is 0 Å². The maximum absolute atomic E-state index is 6.13. The van der Waals surface area contributed by atoms with Crippen LogP contribution in [0.1, 0.15) is 38.8 Å². The predicted molar refractivity (Wildman–Crippen MR) is 64.4 cm³/mol. The molecule has 84 valence electrons.